The van der Waals surface area contributed by atoms with Crippen molar-refractivity contribution in [2.45, 2.75) is 31.0 Å². The SMILES string of the molecule is NCCCn1cc(S(=O)(=O)N2Cc3ccccc3C2)cn1. The molecule has 0 amide bonds. The monoisotopic (exact) mass is 306 g/mol. The molecule has 0 aliphatic carbocycles. The molecule has 112 valence electrons. The van der Waals surface area contributed by atoms with Gasteiger partial charge in [-0.2, -0.15) is 9.40 Å². The van der Waals surface area contributed by atoms with E-state index < -0.39 is 10.0 Å². The van der Waals surface area contributed by atoms with Crippen molar-refractivity contribution in [1.29, 1.82) is 0 Å². The predicted octanol–water partition coefficient (Wildman–Crippen LogP) is 0.936. The first-order valence-electron chi connectivity index (χ1n) is 6.91. The van der Waals surface area contributed by atoms with Crippen LogP contribution in [0.4, 0.5) is 0 Å². The number of fused-ring (bicyclic) bond motifs is 1. The fourth-order valence-corrected chi connectivity index (χ4v) is 3.83. The van der Waals surface area contributed by atoms with Crippen molar-refractivity contribution in [3.05, 3.63) is 47.8 Å². The molecular formula is C14H18N4O2S. The van der Waals surface area contributed by atoms with Gasteiger partial charge in [0.05, 0.1) is 6.20 Å². The summed E-state index contributed by atoms with van der Waals surface area (Å²) in [5.74, 6) is 0. The Hall–Kier alpha value is -1.70. The minimum absolute atomic E-state index is 0.243. The van der Waals surface area contributed by atoms with E-state index in [1.807, 2.05) is 24.3 Å². The zero-order valence-electron chi connectivity index (χ0n) is 11.6. The summed E-state index contributed by atoms with van der Waals surface area (Å²) in [6, 6.07) is 7.80. The second-order valence-electron chi connectivity index (χ2n) is 5.12. The summed E-state index contributed by atoms with van der Waals surface area (Å²) < 4.78 is 28.4. The smallest absolute Gasteiger partial charge is 0.246 e. The molecule has 21 heavy (non-hydrogen) atoms. The van der Waals surface area contributed by atoms with E-state index in [9.17, 15) is 8.42 Å². The Kier molecular flexibility index (Phi) is 3.79. The average Bonchev–Trinajstić information content (AvgIpc) is 3.12. The maximum absolute atomic E-state index is 12.6. The van der Waals surface area contributed by atoms with Crippen LogP contribution in [-0.2, 0) is 29.7 Å². The van der Waals surface area contributed by atoms with E-state index in [4.69, 9.17) is 5.73 Å². The van der Waals surface area contributed by atoms with E-state index in [0.717, 1.165) is 17.5 Å². The number of benzene rings is 1. The first-order valence-corrected chi connectivity index (χ1v) is 8.35. The lowest BCUT2D eigenvalue weighted by molar-refractivity contribution is 0.431. The summed E-state index contributed by atoms with van der Waals surface area (Å²) in [5.41, 5.74) is 7.58. The van der Waals surface area contributed by atoms with E-state index in [-0.39, 0.29) is 4.90 Å². The highest BCUT2D eigenvalue weighted by Gasteiger charge is 2.31. The summed E-state index contributed by atoms with van der Waals surface area (Å²) in [4.78, 5) is 0.243. The van der Waals surface area contributed by atoms with E-state index >= 15 is 0 Å². The van der Waals surface area contributed by atoms with Gasteiger partial charge in [0.2, 0.25) is 10.0 Å². The van der Waals surface area contributed by atoms with Gasteiger partial charge in [-0.25, -0.2) is 8.42 Å². The second kappa shape index (κ2) is 5.59. The van der Waals surface area contributed by atoms with Gasteiger partial charge in [-0.3, -0.25) is 4.68 Å². The molecular weight excluding hydrogens is 288 g/mol. The minimum atomic E-state index is -3.49. The Labute approximate surface area is 124 Å². The van der Waals surface area contributed by atoms with Gasteiger partial charge in [0, 0.05) is 25.8 Å². The van der Waals surface area contributed by atoms with Crippen LogP contribution in [0.15, 0.2) is 41.6 Å². The van der Waals surface area contributed by atoms with Crippen LogP contribution in [-0.4, -0.2) is 29.0 Å². The number of aryl methyl sites for hydroxylation is 1. The van der Waals surface area contributed by atoms with E-state index in [0.29, 0.717) is 26.2 Å². The third-order valence-electron chi connectivity index (χ3n) is 3.65. The van der Waals surface area contributed by atoms with Gasteiger partial charge in [-0.15, -0.1) is 0 Å². The van der Waals surface area contributed by atoms with Gasteiger partial charge in [-0.05, 0) is 24.1 Å². The molecule has 0 radical (unpaired) electrons. The molecule has 0 fully saturated rings. The molecule has 0 spiro atoms. The summed E-state index contributed by atoms with van der Waals surface area (Å²) in [6.45, 7) is 2.04. The molecule has 1 aromatic heterocycles. The number of hydrogen-bond donors (Lipinski definition) is 1. The van der Waals surface area contributed by atoms with Crippen LogP contribution in [0.3, 0.4) is 0 Å². The van der Waals surface area contributed by atoms with Crippen LogP contribution in [0.1, 0.15) is 17.5 Å². The predicted molar refractivity (Wildman–Crippen MR) is 78.8 cm³/mol. The van der Waals surface area contributed by atoms with E-state index in [1.165, 1.54) is 10.5 Å². The molecule has 3 rings (SSSR count). The molecule has 6 nitrogen and oxygen atoms in total. The highest BCUT2D eigenvalue weighted by molar-refractivity contribution is 7.89. The van der Waals surface area contributed by atoms with Crippen LogP contribution < -0.4 is 5.73 Å². The normalized spacial score (nSPS) is 15.3. The first-order chi connectivity index (χ1) is 10.1. The lowest BCUT2D eigenvalue weighted by atomic mass is 10.1. The van der Waals surface area contributed by atoms with Gasteiger partial charge in [-0.1, -0.05) is 24.3 Å². The molecule has 1 aromatic carbocycles. The molecule has 7 heteroatoms. The Morgan fingerprint density at radius 2 is 1.86 bits per heavy atom. The zero-order valence-corrected chi connectivity index (χ0v) is 12.5. The van der Waals surface area contributed by atoms with Crippen molar-refractivity contribution >= 4 is 10.0 Å². The highest BCUT2D eigenvalue weighted by atomic mass is 32.2. The molecule has 0 bridgehead atoms. The van der Waals surface area contributed by atoms with E-state index in [2.05, 4.69) is 5.10 Å². The summed E-state index contributed by atoms with van der Waals surface area (Å²) in [6.07, 6.45) is 3.76. The number of sulfonamides is 1. The summed E-state index contributed by atoms with van der Waals surface area (Å²) >= 11 is 0. The van der Waals surface area contributed by atoms with Crippen molar-refractivity contribution in [3.8, 4) is 0 Å². The molecule has 2 aromatic rings. The van der Waals surface area contributed by atoms with Crippen molar-refractivity contribution < 1.29 is 8.42 Å². The maximum atomic E-state index is 12.6. The van der Waals surface area contributed by atoms with Crippen LogP contribution >= 0.6 is 0 Å². The van der Waals surface area contributed by atoms with Crippen molar-refractivity contribution in [2.75, 3.05) is 6.54 Å². The standard InChI is InChI=1S/C14H18N4O2S/c15-6-3-7-17-11-14(8-16-17)21(19,20)18-9-12-4-1-2-5-13(12)10-18/h1-2,4-5,8,11H,3,6-7,9-10,15H2. The average molecular weight is 306 g/mol. The fraction of sp³-hybridized carbons (Fsp3) is 0.357. The van der Waals surface area contributed by atoms with Crippen LogP contribution in [0, 0.1) is 0 Å². The topological polar surface area (TPSA) is 81.2 Å². The molecule has 0 unspecified atom stereocenters. The van der Waals surface area contributed by atoms with Crippen molar-refractivity contribution in [3.63, 3.8) is 0 Å². The quantitative estimate of drug-likeness (QED) is 0.891. The van der Waals surface area contributed by atoms with Gasteiger partial charge in [0.15, 0.2) is 0 Å². The largest absolute Gasteiger partial charge is 0.330 e. The van der Waals surface area contributed by atoms with Gasteiger partial charge >= 0.3 is 0 Å². The Morgan fingerprint density at radius 3 is 2.48 bits per heavy atom. The Bertz CT molecular complexity index is 714. The molecule has 0 atom stereocenters. The molecule has 1 aliphatic heterocycles. The van der Waals surface area contributed by atoms with Crippen molar-refractivity contribution in [1.82, 2.24) is 14.1 Å². The number of nitrogens with two attached hydrogens (primary N) is 1. The second-order valence-corrected chi connectivity index (χ2v) is 7.06. The van der Waals surface area contributed by atoms with Crippen LogP contribution in [0.2, 0.25) is 0 Å². The molecule has 0 saturated carbocycles. The molecule has 0 saturated heterocycles. The highest BCUT2D eigenvalue weighted by Crippen LogP contribution is 2.28. The minimum Gasteiger partial charge on any atom is -0.330 e. The molecule has 2 heterocycles. The first kappa shape index (κ1) is 14.2. The summed E-state index contributed by atoms with van der Waals surface area (Å²) in [7, 11) is -3.49. The summed E-state index contributed by atoms with van der Waals surface area (Å²) in [5, 5.41) is 4.10. The zero-order chi connectivity index (χ0) is 14.9. The third-order valence-corrected chi connectivity index (χ3v) is 5.40. The molecule has 2 N–H and O–H groups in total. The number of nitrogens with zero attached hydrogens (tertiary/aromatic N) is 3. The number of hydrogen-bond acceptors (Lipinski definition) is 4. The van der Waals surface area contributed by atoms with E-state index in [1.54, 1.807) is 10.9 Å². The van der Waals surface area contributed by atoms with Gasteiger partial charge in [0.25, 0.3) is 0 Å². The lowest BCUT2D eigenvalue weighted by Gasteiger charge is -2.13. The third kappa shape index (κ3) is 2.72. The van der Waals surface area contributed by atoms with Crippen LogP contribution in [0.25, 0.3) is 0 Å². The fourth-order valence-electron chi connectivity index (χ4n) is 2.47. The number of aromatic nitrogens is 2. The Morgan fingerprint density at radius 1 is 1.19 bits per heavy atom. The van der Waals surface area contributed by atoms with Crippen molar-refractivity contribution in [2.24, 2.45) is 5.73 Å². The van der Waals surface area contributed by atoms with Gasteiger partial charge in [0.1, 0.15) is 4.90 Å². The Balaban J connectivity index is 1.80. The van der Waals surface area contributed by atoms with Crippen LogP contribution in [0.5, 0.6) is 0 Å². The molecule has 1 aliphatic rings. The lowest BCUT2D eigenvalue weighted by Crippen LogP contribution is -2.25. The van der Waals surface area contributed by atoms with Gasteiger partial charge < -0.3 is 5.73 Å². The number of rotatable bonds is 5. The maximum Gasteiger partial charge on any atom is 0.246 e.